The molecule has 0 amide bonds. The van der Waals surface area contributed by atoms with Gasteiger partial charge in [-0.15, -0.1) is 0 Å². The average Bonchev–Trinajstić information content (AvgIpc) is 3.34. The fourth-order valence-corrected chi connectivity index (χ4v) is 20.5. The number of pyridine rings is 3. The van der Waals surface area contributed by atoms with Crippen LogP contribution >= 0.6 is 35.3 Å². The Morgan fingerprint density at radius 1 is 0.295 bits per heavy atom. The number of thioether (sulfide) groups is 3. The summed E-state index contributed by atoms with van der Waals surface area (Å²) >= 11 is 2.05. The fourth-order valence-electron chi connectivity index (χ4n) is 7.70. The van der Waals surface area contributed by atoms with Gasteiger partial charge in [0.15, 0.2) is 0 Å². The summed E-state index contributed by atoms with van der Waals surface area (Å²) in [5.41, 5.74) is 10.5. The van der Waals surface area contributed by atoms with Gasteiger partial charge in [-0.05, 0) is 0 Å². The number of aromatic nitrogens is 3. The molecule has 0 N–H and O–H groups in total. The Morgan fingerprint density at radius 3 is 0.885 bits per heavy atom. The number of hydrogen-bond donors (Lipinski definition) is 0. The number of hydrogen-bond acceptors (Lipinski definition) is 6. The first-order chi connectivity index (χ1) is 30.3. The predicted molar refractivity (Wildman–Crippen MR) is 262 cm³/mol. The average molecular weight is 944 g/mol. The Balaban J connectivity index is 1.21. The third kappa shape index (κ3) is 9.92. The zero-order chi connectivity index (χ0) is 41.1. The van der Waals surface area contributed by atoms with E-state index < -0.39 is 21.4 Å². The molecule has 6 aromatic carbocycles. The normalized spacial score (nSPS) is 11.0. The van der Waals surface area contributed by atoms with Gasteiger partial charge in [0.05, 0.1) is 0 Å². The molecule has 9 aromatic rings. The summed E-state index contributed by atoms with van der Waals surface area (Å²) in [4.78, 5) is 19.5. The minimum absolute atomic E-state index is 0.876. The first-order valence-electron chi connectivity index (χ1n) is 20.4. The van der Waals surface area contributed by atoms with Gasteiger partial charge in [-0.1, -0.05) is 0 Å². The summed E-state index contributed by atoms with van der Waals surface area (Å²) in [7, 11) is 0. The quantitative estimate of drug-likeness (QED) is 0.0954. The van der Waals surface area contributed by atoms with Crippen LogP contribution in [0.25, 0.3) is 33.8 Å². The molecule has 0 aliphatic rings. The Labute approximate surface area is 379 Å². The van der Waals surface area contributed by atoms with E-state index in [4.69, 9.17) is 15.0 Å². The van der Waals surface area contributed by atoms with Gasteiger partial charge in [-0.3, -0.25) is 0 Å². The Bertz CT molecular complexity index is 2530. The number of rotatable bonds is 15. The predicted octanol–water partition coefficient (Wildman–Crippen LogP) is 12.3. The molecule has 0 fully saturated rings. The zero-order valence-electron chi connectivity index (χ0n) is 33.5. The number of nitrogens with zero attached hydrogens (tertiary/aromatic N) is 3. The van der Waals surface area contributed by atoms with Crippen molar-refractivity contribution in [2.45, 2.75) is 31.9 Å². The molecule has 3 heterocycles. The van der Waals surface area contributed by atoms with Crippen LogP contribution in [0.3, 0.4) is 0 Å². The second-order valence-electron chi connectivity index (χ2n) is 14.6. The Kier molecular flexibility index (Phi) is 13.8. The first-order valence-corrected chi connectivity index (χ1v) is 28.3. The molecule has 0 saturated carbocycles. The maximum atomic E-state index is 5.29. The van der Waals surface area contributed by atoms with E-state index in [0.29, 0.717) is 0 Å². The van der Waals surface area contributed by atoms with Crippen molar-refractivity contribution in [1.29, 1.82) is 0 Å². The molecule has 3 aromatic heterocycles. The van der Waals surface area contributed by atoms with Crippen molar-refractivity contribution in [3.8, 4) is 33.8 Å². The summed E-state index contributed by atoms with van der Waals surface area (Å²) in [6, 6.07) is 72.0. The molecule has 0 aliphatic carbocycles. The van der Waals surface area contributed by atoms with Crippen LogP contribution in [0.1, 0.15) is 16.7 Å². The van der Waals surface area contributed by atoms with Crippen LogP contribution in [0.15, 0.2) is 233 Å². The van der Waals surface area contributed by atoms with Gasteiger partial charge in [-0.25, -0.2) is 0 Å². The molecule has 0 bridgehead atoms. The maximum absolute atomic E-state index is 5.29. The van der Waals surface area contributed by atoms with Crippen molar-refractivity contribution in [1.82, 2.24) is 15.0 Å². The van der Waals surface area contributed by atoms with Crippen molar-refractivity contribution in [3.05, 3.63) is 235 Å². The van der Waals surface area contributed by atoms with Gasteiger partial charge >= 0.3 is 383 Å². The molecular weight excluding hydrogens is 902 g/mol. The van der Waals surface area contributed by atoms with Gasteiger partial charge in [0.25, 0.3) is 0 Å². The molecule has 3 nitrogen and oxygen atoms in total. The van der Waals surface area contributed by atoms with Crippen LogP contribution in [-0.2, 0) is 17.3 Å². The summed E-state index contributed by atoms with van der Waals surface area (Å²) in [6.07, 6.45) is 5.87. The van der Waals surface area contributed by atoms with E-state index in [-0.39, 0.29) is 0 Å². The van der Waals surface area contributed by atoms with Crippen molar-refractivity contribution in [3.63, 3.8) is 0 Å². The van der Waals surface area contributed by atoms with E-state index in [9.17, 15) is 0 Å². The molecule has 61 heavy (non-hydrogen) atoms. The molecule has 9 rings (SSSR count). The topological polar surface area (TPSA) is 38.7 Å². The molecule has 0 atom stereocenters. The fraction of sp³-hybridized carbons (Fsp3) is 0.0556. The Hall–Kier alpha value is -5.31. The molecule has 0 spiro atoms. The van der Waals surface area contributed by atoms with Crippen molar-refractivity contribution < 1.29 is 0 Å². The van der Waals surface area contributed by atoms with E-state index in [1.807, 2.05) is 53.9 Å². The van der Waals surface area contributed by atoms with E-state index in [1.54, 1.807) is 0 Å². The van der Waals surface area contributed by atoms with Crippen molar-refractivity contribution >= 4 is 66.7 Å². The van der Waals surface area contributed by atoms with E-state index in [1.165, 1.54) is 41.3 Å². The van der Waals surface area contributed by atoms with Crippen molar-refractivity contribution in [2.75, 3.05) is 0 Å². The van der Waals surface area contributed by atoms with Gasteiger partial charge in [0.2, 0.25) is 0 Å². The van der Waals surface area contributed by atoms with Gasteiger partial charge < -0.3 is 0 Å². The molecular formula is C54H42InN3S3. The van der Waals surface area contributed by atoms with E-state index >= 15 is 0 Å². The molecule has 294 valence electrons. The van der Waals surface area contributed by atoms with Crippen LogP contribution < -0.4 is 9.96 Å². The van der Waals surface area contributed by atoms with Gasteiger partial charge in [0, 0.05) is 0 Å². The second-order valence-corrected chi connectivity index (χ2v) is 25.4. The zero-order valence-corrected chi connectivity index (χ0v) is 39.3. The van der Waals surface area contributed by atoms with Crippen LogP contribution in [-0.4, -0.2) is 36.4 Å². The van der Waals surface area contributed by atoms with Gasteiger partial charge in [0.1, 0.15) is 0 Å². The van der Waals surface area contributed by atoms with Crippen LogP contribution in [0.5, 0.6) is 0 Å². The third-order valence-electron chi connectivity index (χ3n) is 10.6. The second kappa shape index (κ2) is 20.5. The van der Waals surface area contributed by atoms with Crippen molar-refractivity contribution in [2.24, 2.45) is 0 Å². The standard InChI is InChI=1S/3C18H14NS.In/c3*1-2-8-15(9-3-1)14-20-18-12-5-4-10-16(18)17-11-6-7-13-19-17;/h3*1-10,12-13H,14H2;. The Morgan fingerprint density at radius 2 is 0.574 bits per heavy atom. The molecule has 0 aliphatic heterocycles. The van der Waals surface area contributed by atoms with E-state index in [0.717, 1.165) is 51.0 Å². The summed E-state index contributed by atoms with van der Waals surface area (Å²) in [5.74, 6) is 2.63. The SMILES string of the molecule is c1ccc(CSc2ccccc2-c2nccc[c]2[In]([c]2cccnc2-c2ccccc2SCc2ccccc2)[c]2cccnc2-c2ccccc2SCc2ccccc2)cc1. The van der Waals surface area contributed by atoms with Crippen LogP contribution in [0, 0.1) is 0 Å². The first kappa shape index (κ1) is 41.1. The summed E-state index contributed by atoms with van der Waals surface area (Å²) < 4.78 is 3.93. The monoisotopic (exact) mass is 943 g/mol. The van der Waals surface area contributed by atoms with Crippen LogP contribution in [0.2, 0.25) is 0 Å². The molecule has 0 radical (unpaired) electrons. The van der Waals surface area contributed by atoms with E-state index in [2.05, 4.69) is 200 Å². The van der Waals surface area contributed by atoms with Crippen LogP contribution in [0.4, 0.5) is 0 Å². The molecule has 7 heteroatoms. The minimum atomic E-state index is -3.57. The summed E-state index contributed by atoms with van der Waals surface area (Å²) in [6.45, 7) is 0. The summed E-state index contributed by atoms with van der Waals surface area (Å²) in [5, 5.41) is 0. The number of benzene rings is 6. The molecule has 0 saturated heterocycles. The van der Waals surface area contributed by atoms with Gasteiger partial charge in [-0.2, -0.15) is 0 Å². The third-order valence-corrected chi connectivity index (χ3v) is 23.3. The molecule has 0 unspecified atom stereocenters.